The largest absolute Gasteiger partial charge is 0.368 e. The number of hydrogen-bond donors (Lipinski definition) is 1. The Labute approximate surface area is 151 Å². The van der Waals surface area contributed by atoms with E-state index in [0.29, 0.717) is 12.8 Å². The number of benzene rings is 1. The topological polar surface area (TPSA) is 52.7 Å². The average molecular weight is 345 g/mol. The van der Waals surface area contributed by atoms with E-state index < -0.39 is 0 Å². The summed E-state index contributed by atoms with van der Waals surface area (Å²) in [7, 11) is 1.67. The van der Waals surface area contributed by atoms with E-state index in [0.717, 1.165) is 51.9 Å². The van der Waals surface area contributed by atoms with Gasteiger partial charge in [0.05, 0.1) is 0 Å². The van der Waals surface area contributed by atoms with E-state index in [1.54, 1.807) is 7.05 Å². The standard InChI is InChI=1S/C20H31N3O2/c1-17-9-11-18(12-10-17)22-13-15-23(16-14-22)20(25)8-6-4-3-5-7-19(24)21-2/h9-12H,3-8,13-16H2,1-2H3,(H,21,24). The van der Waals surface area contributed by atoms with Gasteiger partial charge in [-0.05, 0) is 31.9 Å². The van der Waals surface area contributed by atoms with Crippen LogP contribution in [0.5, 0.6) is 0 Å². The highest BCUT2D eigenvalue weighted by molar-refractivity contribution is 5.76. The molecule has 1 aromatic rings. The molecule has 2 rings (SSSR count). The van der Waals surface area contributed by atoms with Crippen molar-refractivity contribution >= 4 is 17.5 Å². The van der Waals surface area contributed by atoms with E-state index in [4.69, 9.17) is 0 Å². The van der Waals surface area contributed by atoms with Crippen LogP contribution >= 0.6 is 0 Å². The Balaban J connectivity index is 1.61. The van der Waals surface area contributed by atoms with Crippen LogP contribution in [0, 0.1) is 6.92 Å². The van der Waals surface area contributed by atoms with Crippen LogP contribution in [-0.2, 0) is 9.59 Å². The Kier molecular flexibility index (Phi) is 7.76. The van der Waals surface area contributed by atoms with Crippen molar-refractivity contribution in [3.63, 3.8) is 0 Å². The number of carbonyl (C=O) groups excluding carboxylic acids is 2. The number of carbonyl (C=O) groups is 2. The molecule has 1 aromatic carbocycles. The maximum Gasteiger partial charge on any atom is 0.222 e. The molecule has 1 heterocycles. The van der Waals surface area contributed by atoms with Crippen molar-refractivity contribution in [2.24, 2.45) is 0 Å². The summed E-state index contributed by atoms with van der Waals surface area (Å²) in [6.07, 6.45) is 5.08. The van der Waals surface area contributed by atoms with E-state index >= 15 is 0 Å². The fourth-order valence-corrected chi connectivity index (χ4v) is 3.17. The van der Waals surface area contributed by atoms with Crippen LogP contribution < -0.4 is 10.2 Å². The summed E-state index contributed by atoms with van der Waals surface area (Å²) in [5, 5.41) is 2.63. The molecule has 138 valence electrons. The molecule has 0 radical (unpaired) electrons. The summed E-state index contributed by atoms with van der Waals surface area (Å²) in [5.74, 6) is 0.373. The monoisotopic (exact) mass is 345 g/mol. The van der Waals surface area contributed by atoms with E-state index in [2.05, 4.69) is 41.4 Å². The fraction of sp³-hybridized carbons (Fsp3) is 0.600. The lowest BCUT2D eigenvalue weighted by Crippen LogP contribution is -2.48. The first-order valence-corrected chi connectivity index (χ1v) is 9.40. The number of nitrogens with zero attached hydrogens (tertiary/aromatic N) is 2. The first kappa shape index (κ1) is 19.3. The minimum absolute atomic E-state index is 0.0996. The third-order valence-corrected chi connectivity index (χ3v) is 4.85. The molecular formula is C20H31N3O2. The number of anilines is 1. The van der Waals surface area contributed by atoms with Crippen LogP contribution in [0.3, 0.4) is 0 Å². The van der Waals surface area contributed by atoms with E-state index in [1.807, 2.05) is 4.90 Å². The zero-order valence-electron chi connectivity index (χ0n) is 15.6. The van der Waals surface area contributed by atoms with Gasteiger partial charge in [0.1, 0.15) is 0 Å². The Morgan fingerprint density at radius 1 is 0.920 bits per heavy atom. The maximum absolute atomic E-state index is 12.3. The lowest BCUT2D eigenvalue weighted by Gasteiger charge is -2.36. The molecule has 5 heteroatoms. The van der Waals surface area contributed by atoms with Crippen LogP contribution in [0.1, 0.15) is 44.1 Å². The van der Waals surface area contributed by atoms with Crippen LogP contribution in [0.2, 0.25) is 0 Å². The first-order valence-electron chi connectivity index (χ1n) is 9.40. The van der Waals surface area contributed by atoms with Crippen molar-refractivity contribution in [2.75, 3.05) is 38.1 Å². The summed E-state index contributed by atoms with van der Waals surface area (Å²) < 4.78 is 0. The molecule has 5 nitrogen and oxygen atoms in total. The molecule has 1 aliphatic rings. The molecule has 0 aliphatic carbocycles. The molecule has 1 aliphatic heterocycles. The van der Waals surface area contributed by atoms with Crippen LogP contribution in [0.15, 0.2) is 24.3 Å². The van der Waals surface area contributed by atoms with Gasteiger partial charge in [0.25, 0.3) is 0 Å². The zero-order chi connectivity index (χ0) is 18.1. The van der Waals surface area contributed by atoms with Crippen molar-refractivity contribution in [1.29, 1.82) is 0 Å². The van der Waals surface area contributed by atoms with Crippen molar-refractivity contribution in [1.82, 2.24) is 10.2 Å². The summed E-state index contributed by atoms with van der Waals surface area (Å²) in [5.41, 5.74) is 2.52. The third-order valence-electron chi connectivity index (χ3n) is 4.85. The van der Waals surface area contributed by atoms with Gasteiger partial charge in [-0.25, -0.2) is 0 Å². The van der Waals surface area contributed by atoms with Crippen molar-refractivity contribution in [3.8, 4) is 0 Å². The summed E-state index contributed by atoms with van der Waals surface area (Å²) in [4.78, 5) is 27.8. The minimum atomic E-state index is 0.0996. The Hall–Kier alpha value is -2.04. The maximum atomic E-state index is 12.3. The van der Waals surface area contributed by atoms with Gasteiger partial charge >= 0.3 is 0 Å². The fourth-order valence-electron chi connectivity index (χ4n) is 3.17. The quantitative estimate of drug-likeness (QED) is 0.737. The highest BCUT2D eigenvalue weighted by atomic mass is 16.2. The van der Waals surface area contributed by atoms with Gasteiger partial charge < -0.3 is 15.1 Å². The number of piperazine rings is 1. The predicted molar refractivity (Wildman–Crippen MR) is 102 cm³/mol. The third kappa shape index (κ3) is 6.40. The number of amides is 2. The van der Waals surface area contributed by atoms with E-state index in [1.165, 1.54) is 11.3 Å². The van der Waals surface area contributed by atoms with Gasteiger partial charge in [0.2, 0.25) is 11.8 Å². The minimum Gasteiger partial charge on any atom is -0.368 e. The Bertz CT molecular complexity index is 549. The molecule has 0 bridgehead atoms. The second kappa shape index (κ2) is 10.1. The van der Waals surface area contributed by atoms with E-state index in [9.17, 15) is 9.59 Å². The second-order valence-corrected chi connectivity index (χ2v) is 6.79. The van der Waals surface area contributed by atoms with Crippen LogP contribution in [-0.4, -0.2) is 49.9 Å². The molecule has 0 spiro atoms. The molecule has 0 unspecified atom stereocenters. The molecular weight excluding hydrogens is 314 g/mol. The van der Waals surface area contributed by atoms with Gasteiger partial charge in [0, 0.05) is 51.8 Å². The smallest absolute Gasteiger partial charge is 0.222 e. The lowest BCUT2D eigenvalue weighted by molar-refractivity contribution is -0.131. The molecule has 0 atom stereocenters. The molecule has 1 fully saturated rings. The normalized spacial score (nSPS) is 14.5. The van der Waals surface area contributed by atoms with Crippen molar-refractivity contribution in [2.45, 2.75) is 45.4 Å². The molecule has 1 saturated heterocycles. The highest BCUT2D eigenvalue weighted by Gasteiger charge is 2.20. The summed E-state index contributed by atoms with van der Waals surface area (Å²) in [6.45, 7) is 5.52. The molecule has 25 heavy (non-hydrogen) atoms. The molecule has 0 aromatic heterocycles. The van der Waals surface area contributed by atoms with E-state index in [-0.39, 0.29) is 11.8 Å². The first-order chi connectivity index (χ1) is 12.1. The van der Waals surface area contributed by atoms with Gasteiger partial charge in [-0.3, -0.25) is 9.59 Å². The number of rotatable bonds is 8. The summed E-state index contributed by atoms with van der Waals surface area (Å²) >= 11 is 0. The highest BCUT2D eigenvalue weighted by Crippen LogP contribution is 2.17. The van der Waals surface area contributed by atoms with Crippen LogP contribution in [0.4, 0.5) is 5.69 Å². The average Bonchev–Trinajstić information content (AvgIpc) is 2.65. The molecule has 0 saturated carbocycles. The number of hydrogen-bond acceptors (Lipinski definition) is 3. The van der Waals surface area contributed by atoms with Gasteiger partial charge in [-0.15, -0.1) is 0 Å². The lowest BCUT2D eigenvalue weighted by atomic mass is 10.1. The van der Waals surface area contributed by atoms with Gasteiger partial charge in [-0.2, -0.15) is 0 Å². The number of unbranched alkanes of at least 4 members (excludes halogenated alkanes) is 3. The predicted octanol–water partition coefficient (Wildman–Crippen LogP) is 2.73. The van der Waals surface area contributed by atoms with Crippen molar-refractivity contribution in [3.05, 3.63) is 29.8 Å². The zero-order valence-corrected chi connectivity index (χ0v) is 15.6. The molecule has 1 N–H and O–H groups in total. The Morgan fingerprint density at radius 3 is 2.12 bits per heavy atom. The van der Waals surface area contributed by atoms with Crippen molar-refractivity contribution < 1.29 is 9.59 Å². The number of nitrogens with one attached hydrogen (secondary N) is 1. The van der Waals surface area contributed by atoms with Gasteiger partial charge in [-0.1, -0.05) is 30.5 Å². The van der Waals surface area contributed by atoms with Crippen LogP contribution in [0.25, 0.3) is 0 Å². The second-order valence-electron chi connectivity index (χ2n) is 6.79. The summed E-state index contributed by atoms with van der Waals surface area (Å²) in [6, 6.07) is 8.59. The Morgan fingerprint density at radius 2 is 1.52 bits per heavy atom. The number of aryl methyl sites for hydroxylation is 1. The SMILES string of the molecule is CNC(=O)CCCCCCC(=O)N1CCN(c2ccc(C)cc2)CC1. The van der Waals surface area contributed by atoms with Gasteiger partial charge in [0.15, 0.2) is 0 Å². The molecule has 2 amide bonds.